The van der Waals surface area contributed by atoms with E-state index in [1.54, 1.807) is 54.7 Å². The zero-order valence-electron chi connectivity index (χ0n) is 20.0. The number of nitrogens with zero attached hydrogens (tertiary/aromatic N) is 3. The van der Waals surface area contributed by atoms with Gasteiger partial charge in [-0.2, -0.15) is 0 Å². The Bertz CT molecular complexity index is 1270. The van der Waals surface area contributed by atoms with Crippen LogP contribution in [0.4, 0.5) is 5.82 Å². The van der Waals surface area contributed by atoms with E-state index in [1.807, 2.05) is 0 Å². The lowest BCUT2D eigenvalue weighted by Crippen LogP contribution is -3.00. The van der Waals surface area contributed by atoms with Crippen LogP contribution in [0.25, 0.3) is 0 Å². The van der Waals surface area contributed by atoms with Gasteiger partial charge in [0, 0.05) is 42.3 Å². The van der Waals surface area contributed by atoms with Gasteiger partial charge in [-0.3, -0.25) is 9.78 Å². The molecule has 7 rings (SSSR count). The van der Waals surface area contributed by atoms with E-state index >= 15 is 0 Å². The number of amides is 1. The molecule has 1 atom stereocenters. The number of anilines is 1. The number of hydrogen-bond acceptors (Lipinski definition) is 7. The number of aliphatic hydroxyl groups is 1. The number of carbonyl (C=O) groups is 2. The maximum Gasteiger partial charge on any atom is 0.348 e. The van der Waals surface area contributed by atoms with Crippen LogP contribution in [0.1, 0.15) is 24.0 Å². The van der Waals surface area contributed by atoms with Gasteiger partial charge >= 0.3 is 5.97 Å². The van der Waals surface area contributed by atoms with E-state index in [2.05, 4.69) is 15.3 Å². The van der Waals surface area contributed by atoms with Gasteiger partial charge < -0.3 is 41.4 Å². The Morgan fingerprint density at radius 1 is 1.05 bits per heavy atom. The standard InChI is InChI=1S/C27H26N4O5.BrH/c32-25(30-24-15-28-11-12-29-24)17-31-13-9-18(10-14-31)23(16-31)36-26(33)27(34)19-5-1-3-7-21(19)35-22-8-4-2-6-20(22)27;/h1-8,11-12,15,18,23,34H,9-10,13-14,16-17H2;1H. The monoisotopic (exact) mass is 566 g/mol. The quantitative estimate of drug-likeness (QED) is 0.320. The lowest BCUT2D eigenvalue weighted by molar-refractivity contribution is -0.939. The zero-order valence-corrected chi connectivity index (χ0v) is 21.6. The SMILES string of the molecule is O=C(C[N+]12CCC(CC1)C(OC(=O)C1(O)c3ccccc3Oc3ccccc31)C2)Nc1cnccn1.[Br-]. The smallest absolute Gasteiger partial charge is 0.348 e. The van der Waals surface area contributed by atoms with E-state index < -0.39 is 17.7 Å². The van der Waals surface area contributed by atoms with E-state index in [0.717, 1.165) is 25.9 Å². The number of nitrogens with one attached hydrogen (secondary N) is 1. The largest absolute Gasteiger partial charge is 1.00 e. The second-order valence-electron chi connectivity index (χ2n) is 9.85. The van der Waals surface area contributed by atoms with Gasteiger partial charge in [-0.05, 0) is 12.1 Å². The number of rotatable bonds is 5. The summed E-state index contributed by atoms with van der Waals surface area (Å²) >= 11 is 0. The van der Waals surface area contributed by atoms with Gasteiger partial charge in [-0.25, -0.2) is 9.78 Å². The Kier molecular flexibility index (Phi) is 6.74. The van der Waals surface area contributed by atoms with Crippen molar-refractivity contribution < 1.29 is 45.6 Å². The van der Waals surface area contributed by atoms with Crippen molar-refractivity contribution in [2.45, 2.75) is 24.5 Å². The minimum absolute atomic E-state index is 0. The van der Waals surface area contributed by atoms with Crippen molar-refractivity contribution in [1.29, 1.82) is 0 Å². The predicted molar refractivity (Wildman–Crippen MR) is 129 cm³/mol. The lowest BCUT2D eigenvalue weighted by atomic mass is 9.81. The summed E-state index contributed by atoms with van der Waals surface area (Å²) < 4.78 is 12.6. The number of aromatic nitrogens is 2. The summed E-state index contributed by atoms with van der Waals surface area (Å²) in [6.07, 6.45) is 5.90. The molecule has 0 spiro atoms. The number of quaternary nitrogens is 1. The van der Waals surface area contributed by atoms with E-state index in [0.29, 0.717) is 39.5 Å². The van der Waals surface area contributed by atoms with Crippen molar-refractivity contribution in [3.8, 4) is 11.5 Å². The normalized spacial score (nSPS) is 24.5. The van der Waals surface area contributed by atoms with E-state index in [9.17, 15) is 14.7 Å². The predicted octanol–water partition coefficient (Wildman–Crippen LogP) is -0.387. The molecule has 37 heavy (non-hydrogen) atoms. The second-order valence-corrected chi connectivity index (χ2v) is 9.85. The minimum atomic E-state index is -1.98. The highest BCUT2D eigenvalue weighted by atomic mass is 79.9. The molecule has 1 aromatic heterocycles. The first kappa shape index (κ1) is 25.3. The Balaban J connectivity index is 0.00000280. The Morgan fingerprint density at radius 3 is 2.32 bits per heavy atom. The molecule has 0 radical (unpaired) electrons. The van der Waals surface area contributed by atoms with E-state index in [-0.39, 0.29) is 35.4 Å². The molecule has 0 saturated carbocycles. The van der Waals surface area contributed by atoms with Crippen LogP contribution < -0.4 is 27.0 Å². The van der Waals surface area contributed by atoms with E-state index in [1.165, 1.54) is 12.4 Å². The molecule has 4 aliphatic rings. The third kappa shape index (κ3) is 4.49. The van der Waals surface area contributed by atoms with Crippen molar-refractivity contribution in [2.75, 3.05) is 31.5 Å². The molecule has 4 aliphatic heterocycles. The molecule has 0 aliphatic carbocycles. The lowest BCUT2D eigenvalue weighted by Gasteiger charge is -2.51. The summed E-state index contributed by atoms with van der Waals surface area (Å²) in [6, 6.07) is 14.0. The molecule has 5 heterocycles. The molecular weight excluding hydrogens is 540 g/mol. The summed E-state index contributed by atoms with van der Waals surface area (Å²) in [5, 5.41) is 14.7. The highest BCUT2D eigenvalue weighted by Gasteiger charge is 2.53. The number of ether oxygens (including phenoxy) is 2. The molecule has 3 fully saturated rings. The fourth-order valence-electron chi connectivity index (χ4n) is 5.84. The number of fused-ring (bicyclic) bond motifs is 5. The second kappa shape index (κ2) is 9.85. The van der Waals surface area contributed by atoms with Crippen LogP contribution in [-0.4, -0.2) is 63.7 Å². The molecule has 1 unspecified atom stereocenters. The van der Waals surface area contributed by atoms with Gasteiger partial charge in [0.15, 0.2) is 18.5 Å². The highest BCUT2D eigenvalue weighted by Crippen LogP contribution is 2.48. The van der Waals surface area contributed by atoms with Crippen LogP contribution in [0.15, 0.2) is 67.1 Å². The number of carbonyl (C=O) groups excluding carboxylic acids is 2. The number of esters is 1. The number of hydrogen-bond donors (Lipinski definition) is 2. The molecule has 10 heteroatoms. The molecule has 3 saturated heterocycles. The summed E-state index contributed by atoms with van der Waals surface area (Å²) in [5.74, 6) is 0.599. The maximum atomic E-state index is 13.7. The Morgan fingerprint density at radius 2 is 1.70 bits per heavy atom. The van der Waals surface area contributed by atoms with Gasteiger partial charge in [-0.15, -0.1) is 0 Å². The average Bonchev–Trinajstić information content (AvgIpc) is 2.90. The molecule has 1 amide bonds. The third-order valence-corrected chi connectivity index (χ3v) is 7.68. The third-order valence-electron chi connectivity index (χ3n) is 7.68. The molecule has 3 aromatic rings. The van der Waals surface area contributed by atoms with Crippen LogP contribution in [0.2, 0.25) is 0 Å². The Labute approximate surface area is 224 Å². The maximum absolute atomic E-state index is 13.7. The van der Waals surface area contributed by atoms with Gasteiger partial charge in [0.25, 0.3) is 5.91 Å². The number of para-hydroxylation sites is 2. The van der Waals surface area contributed by atoms with Gasteiger partial charge in [0.2, 0.25) is 5.60 Å². The van der Waals surface area contributed by atoms with Gasteiger partial charge in [0.1, 0.15) is 18.0 Å². The Hall–Kier alpha value is -3.34. The first-order valence-corrected chi connectivity index (χ1v) is 12.2. The highest BCUT2D eigenvalue weighted by molar-refractivity contribution is 5.90. The van der Waals surface area contributed by atoms with Crippen molar-refractivity contribution in [3.05, 3.63) is 78.2 Å². The number of halogens is 1. The summed E-state index contributed by atoms with van der Waals surface area (Å²) in [7, 11) is 0. The fraction of sp³-hybridized carbons (Fsp3) is 0.333. The van der Waals surface area contributed by atoms with Crippen molar-refractivity contribution >= 4 is 17.7 Å². The van der Waals surface area contributed by atoms with Crippen LogP contribution in [0.3, 0.4) is 0 Å². The first-order chi connectivity index (χ1) is 17.5. The van der Waals surface area contributed by atoms with Crippen molar-refractivity contribution in [2.24, 2.45) is 5.92 Å². The molecular formula is C27H27BrN4O5. The van der Waals surface area contributed by atoms with Crippen LogP contribution >= 0.6 is 0 Å². The van der Waals surface area contributed by atoms with Gasteiger partial charge in [0.05, 0.1) is 19.3 Å². The molecule has 192 valence electrons. The molecule has 2 aromatic carbocycles. The van der Waals surface area contributed by atoms with Crippen LogP contribution in [0, 0.1) is 5.92 Å². The number of benzene rings is 2. The molecule has 2 bridgehead atoms. The number of piperidine rings is 3. The summed E-state index contributed by atoms with van der Waals surface area (Å²) in [6.45, 7) is 2.48. The minimum Gasteiger partial charge on any atom is -1.00 e. The molecule has 2 N–H and O–H groups in total. The average molecular weight is 567 g/mol. The van der Waals surface area contributed by atoms with Crippen molar-refractivity contribution in [3.63, 3.8) is 0 Å². The zero-order chi connectivity index (χ0) is 24.8. The van der Waals surface area contributed by atoms with Crippen LogP contribution in [-0.2, 0) is 19.9 Å². The molecule has 9 nitrogen and oxygen atoms in total. The first-order valence-electron chi connectivity index (χ1n) is 12.2. The van der Waals surface area contributed by atoms with Crippen LogP contribution in [0.5, 0.6) is 11.5 Å². The van der Waals surface area contributed by atoms with Gasteiger partial charge in [-0.1, -0.05) is 36.4 Å². The summed E-state index contributed by atoms with van der Waals surface area (Å²) in [4.78, 5) is 34.6. The van der Waals surface area contributed by atoms with E-state index in [4.69, 9.17) is 9.47 Å². The topological polar surface area (TPSA) is 111 Å². The summed E-state index contributed by atoms with van der Waals surface area (Å²) in [5.41, 5.74) is -1.25. The van der Waals surface area contributed by atoms with Crippen molar-refractivity contribution in [1.82, 2.24) is 9.97 Å². The fourth-order valence-corrected chi connectivity index (χ4v) is 5.84.